The number of thioether (sulfide) groups is 1. The average Bonchev–Trinajstić information content (AvgIpc) is 2.82. The van der Waals surface area contributed by atoms with Crippen LogP contribution < -0.4 is 4.90 Å². The Morgan fingerprint density at radius 2 is 1.79 bits per heavy atom. The highest BCUT2D eigenvalue weighted by Crippen LogP contribution is 2.37. The number of rotatable bonds is 4. The lowest BCUT2D eigenvalue weighted by Crippen LogP contribution is -2.31. The number of nitrogens with zero attached hydrogens (tertiary/aromatic N) is 1. The fourth-order valence-corrected chi connectivity index (χ4v) is 3.88. The number of halogens is 1. The third-order valence-corrected chi connectivity index (χ3v) is 5.17. The van der Waals surface area contributed by atoms with Crippen molar-refractivity contribution in [2.45, 2.75) is 16.6 Å². The number of benzene rings is 2. The van der Waals surface area contributed by atoms with Crippen LogP contribution >= 0.6 is 23.4 Å². The normalized spacial score (nSPS) is 17.4. The number of imide groups is 1. The molecule has 0 unspecified atom stereocenters. The van der Waals surface area contributed by atoms with Gasteiger partial charge in [-0.15, -0.1) is 11.8 Å². The molecule has 0 saturated carbocycles. The van der Waals surface area contributed by atoms with E-state index in [9.17, 15) is 19.5 Å². The van der Waals surface area contributed by atoms with Crippen LogP contribution in [0.25, 0.3) is 0 Å². The Kier molecular flexibility index (Phi) is 4.59. The van der Waals surface area contributed by atoms with Crippen molar-refractivity contribution < 1.29 is 19.5 Å². The SMILES string of the molecule is O=C(O)c1ccccc1S[C@@H]1CC(=O)N(c2ccccc2Cl)C1=O. The molecule has 1 heterocycles. The van der Waals surface area contributed by atoms with E-state index in [1.807, 2.05) is 0 Å². The van der Waals surface area contributed by atoms with Crippen LogP contribution in [0.4, 0.5) is 5.69 Å². The fourth-order valence-electron chi connectivity index (χ4n) is 2.48. The number of amides is 2. The van der Waals surface area contributed by atoms with Crippen molar-refractivity contribution in [1.29, 1.82) is 0 Å². The first-order chi connectivity index (χ1) is 11.5. The van der Waals surface area contributed by atoms with Crippen LogP contribution in [0.15, 0.2) is 53.4 Å². The number of carboxylic acid groups (broad SMARTS) is 1. The van der Waals surface area contributed by atoms with Gasteiger partial charge in [-0.1, -0.05) is 35.9 Å². The van der Waals surface area contributed by atoms with Crippen molar-refractivity contribution in [3.8, 4) is 0 Å². The Hall–Kier alpha value is -2.31. The Labute approximate surface area is 147 Å². The number of hydrogen-bond acceptors (Lipinski definition) is 4. The van der Waals surface area contributed by atoms with Gasteiger partial charge in [0.1, 0.15) is 0 Å². The van der Waals surface area contributed by atoms with E-state index in [2.05, 4.69) is 0 Å². The summed E-state index contributed by atoms with van der Waals surface area (Å²) in [6.07, 6.45) is 0.00266. The van der Waals surface area contributed by atoms with E-state index in [0.717, 1.165) is 16.7 Å². The summed E-state index contributed by atoms with van der Waals surface area (Å²) in [7, 11) is 0. The van der Waals surface area contributed by atoms with Crippen LogP contribution in [0.3, 0.4) is 0 Å². The molecule has 7 heteroatoms. The van der Waals surface area contributed by atoms with Crippen LogP contribution in [0.1, 0.15) is 16.8 Å². The summed E-state index contributed by atoms with van der Waals surface area (Å²) < 4.78 is 0. The molecule has 1 N–H and O–H groups in total. The molecule has 1 aliphatic rings. The highest BCUT2D eigenvalue weighted by molar-refractivity contribution is 8.00. The summed E-state index contributed by atoms with van der Waals surface area (Å²) in [4.78, 5) is 37.7. The summed E-state index contributed by atoms with van der Waals surface area (Å²) in [5.74, 6) is -1.81. The van der Waals surface area contributed by atoms with Crippen molar-refractivity contribution in [2.24, 2.45) is 0 Å². The van der Waals surface area contributed by atoms with Gasteiger partial charge in [-0.25, -0.2) is 9.69 Å². The van der Waals surface area contributed by atoms with Crippen molar-refractivity contribution in [3.05, 3.63) is 59.1 Å². The standard InChI is InChI=1S/C17H12ClNO4S/c18-11-6-2-3-7-12(11)19-15(20)9-14(16(19)21)24-13-8-4-1-5-10(13)17(22)23/h1-8,14H,9H2,(H,22,23)/t14-/m1/s1. The molecule has 122 valence electrons. The van der Waals surface area contributed by atoms with E-state index >= 15 is 0 Å². The van der Waals surface area contributed by atoms with E-state index in [4.69, 9.17) is 11.6 Å². The molecule has 3 rings (SSSR count). The number of carbonyl (C=O) groups excluding carboxylic acids is 2. The summed E-state index contributed by atoms with van der Waals surface area (Å²) >= 11 is 7.17. The number of para-hydroxylation sites is 1. The fraction of sp³-hybridized carbons (Fsp3) is 0.118. The molecule has 0 bridgehead atoms. The van der Waals surface area contributed by atoms with E-state index in [0.29, 0.717) is 15.6 Å². The smallest absolute Gasteiger partial charge is 0.336 e. The highest BCUT2D eigenvalue weighted by atomic mass is 35.5. The first kappa shape index (κ1) is 16.5. The van der Waals surface area contributed by atoms with Gasteiger partial charge in [0.25, 0.3) is 0 Å². The van der Waals surface area contributed by atoms with E-state index in [1.165, 1.54) is 6.07 Å². The molecular weight excluding hydrogens is 350 g/mol. The van der Waals surface area contributed by atoms with Crippen molar-refractivity contribution in [1.82, 2.24) is 0 Å². The van der Waals surface area contributed by atoms with Crippen LogP contribution in [0, 0.1) is 0 Å². The minimum atomic E-state index is -1.07. The average molecular weight is 362 g/mol. The minimum Gasteiger partial charge on any atom is -0.478 e. The summed E-state index contributed by atoms with van der Waals surface area (Å²) in [5, 5.41) is 8.87. The summed E-state index contributed by atoms with van der Waals surface area (Å²) in [5.41, 5.74) is 0.461. The third-order valence-electron chi connectivity index (χ3n) is 3.59. The number of anilines is 1. The molecule has 0 radical (unpaired) electrons. The van der Waals surface area contributed by atoms with Crippen molar-refractivity contribution in [3.63, 3.8) is 0 Å². The molecule has 1 saturated heterocycles. The highest BCUT2D eigenvalue weighted by Gasteiger charge is 2.41. The van der Waals surface area contributed by atoms with Crippen LogP contribution in [0.2, 0.25) is 5.02 Å². The van der Waals surface area contributed by atoms with Gasteiger partial charge in [-0.2, -0.15) is 0 Å². The van der Waals surface area contributed by atoms with Gasteiger partial charge in [0, 0.05) is 11.3 Å². The molecule has 2 aromatic rings. The molecule has 0 spiro atoms. The molecule has 5 nitrogen and oxygen atoms in total. The zero-order valence-corrected chi connectivity index (χ0v) is 13.9. The van der Waals surface area contributed by atoms with Crippen LogP contribution in [-0.2, 0) is 9.59 Å². The zero-order chi connectivity index (χ0) is 17.3. The van der Waals surface area contributed by atoms with Gasteiger partial charge in [0.2, 0.25) is 11.8 Å². The molecule has 24 heavy (non-hydrogen) atoms. The molecule has 0 aliphatic carbocycles. The molecule has 1 fully saturated rings. The lowest BCUT2D eigenvalue weighted by atomic mass is 10.2. The van der Waals surface area contributed by atoms with Gasteiger partial charge >= 0.3 is 5.97 Å². The van der Waals surface area contributed by atoms with Crippen molar-refractivity contribution >= 4 is 46.8 Å². The predicted molar refractivity (Wildman–Crippen MR) is 91.6 cm³/mol. The molecule has 2 aromatic carbocycles. The molecule has 1 atom stereocenters. The van der Waals surface area contributed by atoms with E-state index in [-0.39, 0.29) is 17.9 Å². The minimum absolute atomic E-state index is 0.00266. The number of hydrogen-bond donors (Lipinski definition) is 1. The first-order valence-electron chi connectivity index (χ1n) is 7.09. The molecule has 2 amide bonds. The molecule has 0 aromatic heterocycles. The number of carbonyl (C=O) groups is 3. The Morgan fingerprint density at radius 1 is 1.12 bits per heavy atom. The third kappa shape index (κ3) is 3.02. The molecule has 1 aliphatic heterocycles. The second kappa shape index (κ2) is 6.67. The van der Waals surface area contributed by atoms with Gasteiger partial charge in [-0.3, -0.25) is 9.59 Å². The summed E-state index contributed by atoms with van der Waals surface area (Å²) in [6.45, 7) is 0. The predicted octanol–water partition coefficient (Wildman–Crippen LogP) is 3.46. The summed E-state index contributed by atoms with van der Waals surface area (Å²) in [6, 6.07) is 13.0. The van der Waals surface area contributed by atoms with Crippen LogP contribution in [0.5, 0.6) is 0 Å². The maximum atomic E-state index is 12.6. The number of carboxylic acids is 1. The van der Waals surface area contributed by atoms with Gasteiger partial charge in [0.15, 0.2) is 0 Å². The quantitative estimate of drug-likeness (QED) is 0.844. The van der Waals surface area contributed by atoms with Gasteiger partial charge in [0.05, 0.1) is 21.5 Å². The van der Waals surface area contributed by atoms with E-state index < -0.39 is 17.1 Å². The second-order valence-corrected chi connectivity index (χ2v) is 6.78. The van der Waals surface area contributed by atoms with E-state index in [1.54, 1.807) is 42.5 Å². The monoisotopic (exact) mass is 361 g/mol. The van der Waals surface area contributed by atoms with Gasteiger partial charge in [-0.05, 0) is 24.3 Å². The Morgan fingerprint density at radius 3 is 2.50 bits per heavy atom. The Balaban J connectivity index is 1.88. The maximum absolute atomic E-state index is 12.6. The van der Waals surface area contributed by atoms with Crippen LogP contribution in [-0.4, -0.2) is 28.1 Å². The lowest BCUT2D eigenvalue weighted by molar-refractivity contribution is -0.121. The van der Waals surface area contributed by atoms with Gasteiger partial charge < -0.3 is 5.11 Å². The first-order valence-corrected chi connectivity index (χ1v) is 8.35. The largest absolute Gasteiger partial charge is 0.478 e. The molecular formula is C17H12ClNO4S. The second-order valence-electron chi connectivity index (χ2n) is 5.13. The van der Waals surface area contributed by atoms with Crippen molar-refractivity contribution in [2.75, 3.05) is 4.90 Å². The number of aromatic carboxylic acids is 1. The topological polar surface area (TPSA) is 74.7 Å². The zero-order valence-electron chi connectivity index (χ0n) is 12.3. The maximum Gasteiger partial charge on any atom is 0.336 e. The lowest BCUT2D eigenvalue weighted by Gasteiger charge is -2.16. The Bertz CT molecular complexity index is 839.